The number of nitrogens with zero attached hydrogens (tertiary/aromatic N) is 8. The molecule has 0 fully saturated rings. The van der Waals surface area contributed by atoms with Gasteiger partial charge >= 0.3 is 0 Å². The number of fused-ring (bicyclic) bond motifs is 2. The lowest BCUT2D eigenvalue weighted by molar-refractivity contribution is 0.418. The molecular weight excluding hydrogens is 344 g/mol. The molecule has 0 spiro atoms. The van der Waals surface area contributed by atoms with Crippen LogP contribution in [0, 0.1) is 6.92 Å². The first-order chi connectivity index (χ1) is 13.2. The molecule has 27 heavy (non-hydrogen) atoms. The molecule has 9 nitrogen and oxygen atoms in total. The van der Waals surface area contributed by atoms with Gasteiger partial charge in [0.25, 0.3) is 11.7 Å². The minimum absolute atomic E-state index is 0.275. The summed E-state index contributed by atoms with van der Waals surface area (Å²) in [5.74, 6) is 2.66. The van der Waals surface area contributed by atoms with Gasteiger partial charge < -0.3 is 9.09 Å². The van der Waals surface area contributed by atoms with Crippen LogP contribution in [0.1, 0.15) is 24.3 Å². The molecule has 0 saturated carbocycles. The number of para-hydroxylation sites is 2. The van der Waals surface area contributed by atoms with E-state index >= 15 is 0 Å². The number of rotatable bonds is 4. The third-order valence-corrected chi connectivity index (χ3v) is 4.44. The Kier molecular flexibility index (Phi) is 3.46. The van der Waals surface area contributed by atoms with Gasteiger partial charge in [0.15, 0.2) is 5.82 Å². The Morgan fingerprint density at radius 3 is 2.81 bits per heavy atom. The number of aryl methyl sites for hydroxylation is 2. The average molecular weight is 360 g/mol. The maximum absolute atomic E-state index is 5.39. The number of aromatic nitrogens is 8. The SMILES string of the molecule is CCc1nc2ccccc2n1Cc1noc(-c2nc3nccc(C)n3n2)n1. The highest BCUT2D eigenvalue weighted by atomic mass is 16.5. The van der Waals surface area contributed by atoms with E-state index in [1.165, 1.54) is 0 Å². The third kappa shape index (κ3) is 2.55. The molecule has 5 aromatic rings. The lowest BCUT2D eigenvalue weighted by Crippen LogP contribution is -2.05. The smallest absolute Gasteiger partial charge is 0.297 e. The monoisotopic (exact) mass is 360 g/mol. The predicted octanol–water partition coefficient (Wildman–Crippen LogP) is 2.44. The Morgan fingerprint density at radius 2 is 1.96 bits per heavy atom. The molecule has 5 rings (SSSR count). The second kappa shape index (κ2) is 5.97. The first-order valence-electron chi connectivity index (χ1n) is 8.68. The zero-order valence-corrected chi connectivity index (χ0v) is 14.9. The molecule has 134 valence electrons. The van der Waals surface area contributed by atoms with Crippen molar-refractivity contribution < 1.29 is 4.52 Å². The van der Waals surface area contributed by atoms with E-state index in [4.69, 9.17) is 4.52 Å². The zero-order chi connectivity index (χ0) is 18.4. The minimum Gasteiger partial charge on any atom is -0.330 e. The molecule has 0 atom stereocenters. The molecule has 1 aromatic carbocycles. The molecule has 0 aliphatic heterocycles. The minimum atomic E-state index is 0.275. The van der Waals surface area contributed by atoms with Crippen LogP contribution in [0.25, 0.3) is 28.5 Å². The van der Waals surface area contributed by atoms with Gasteiger partial charge in [0.1, 0.15) is 5.82 Å². The van der Waals surface area contributed by atoms with Gasteiger partial charge in [0, 0.05) is 18.3 Å². The van der Waals surface area contributed by atoms with Crippen LogP contribution in [0.2, 0.25) is 0 Å². The summed E-state index contributed by atoms with van der Waals surface area (Å²) in [6.45, 7) is 4.48. The van der Waals surface area contributed by atoms with Crippen molar-refractivity contribution in [2.45, 2.75) is 26.8 Å². The largest absolute Gasteiger partial charge is 0.330 e. The topological polar surface area (TPSA) is 99.8 Å². The van der Waals surface area contributed by atoms with Crippen molar-refractivity contribution in [2.24, 2.45) is 0 Å². The molecule has 0 N–H and O–H groups in total. The summed E-state index contributed by atoms with van der Waals surface area (Å²) in [6, 6.07) is 9.89. The summed E-state index contributed by atoms with van der Waals surface area (Å²) in [4.78, 5) is 17.7. The van der Waals surface area contributed by atoms with E-state index in [0.29, 0.717) is 24.0 Å². The van der Waals surface area contributed by atoms with Crippen molar-refractivity contribution in [3.05, 3.63) is 53.9 Å². The predicted molar refractivity (Wildman–Crippen MR) is 97.0 cm³/mol. The third-order valence-electron chi connectivity index (χ3n) is 4.44. The van der Waals surface area contributed by atoms with Crippen molar-refractivity contribution in [3.8, 4) is 11.7 Å². The molecule has 0 bridgehead atoms. The quantitative estimate of drug-likeness (QED) is 0.485. The molecular formula is C18H16N8O. The standard InChI is InChI=1S/C18H16N8O/c1-3-15-20-12-6-4-5-7-13(12)25(15)10-14-21-17(27-24-14)16-22-18-19-9-8-11(2)26(18)23-16/h4-9H,3,10H2,1-2H3. The zero-order valence-electron chi connectivity index (χ0n) is 14.9. The van der Waals surface area contributed by atoms with Gasteiger partial charge in [0.05, 0.1) is 17.6 Å². The molecule has 0 radical (unpaired) electrons. The van der Waals surface area contributed by atoms with Crippen LogP contribution < -0.4 is 0 Å². The molecule has 0 aliphatic carbocycles. The Labute approximate surface area is 153 Å². The van der Waals surface area contributed by atoms with Crippen LogP contribution in [-0.4, -0.2) is 39.3 Å². The van der Waals surface area contributed by atoms with Crippen LogP contribution in [-0.2, 0) is 13.0 Å². The summed E-state index contributed by atoms with van der Waals surface area (Å²) in [5, 5.41) is 8.50. The Bertz CT molecular complexity index is 1270. The molecule has 9 heteroatoms. The first kappa shape index (κ1) is 15.6. The van der Waals surface area contributed by atoms with Gasteiger partial charge in [-0.05, 0) is 25.1 Å². The van der Waals surface area contributed by atoms with E-state index in [0.717, 1.165) is 29.0 Å². The maximum atomic E-state index is 5.39. The Morgan fingerprint density at radius 1 is 1.07 bits per heavy atom. The summed E-state index contributed by atoms with van der Waals surface area (Å²) in [6.07, 6.45) is 2.51. The molecule has 4 aromatic heterocycles. The fraction of sp³-hybridized carbons (Fsp3) is 0.222. The van der Waals surface area contributed by atoms with E-state index in [-0.39, 0.29) is 5.89 Å². The van der Waals surface area contributed by atoms with Crippen molar-refractivity contribution >= 4 is 16.8 Å². The molecule has 0 unspecified atom stereocenters. The number of hydrogen-bond donors (Lipinski definition) is 0. The van der Waals surface area contributed by atoms with E-state index in [2.05, 4.69) is 41.7 Å². The molecule has 4 heterocycles. The summed E-state index contributed by atoms with van der Waals surface area (Å²) in [7, 11) is 0. The number of hydrogen-bond acceptors (Lipinski definition) is 7. The second-order valence-corrected chi connectivity index (χ2v) is 6.21. The average Bonchev–Trinajstić information content (AvgIpc) is 3.39. The van der Waals surface area contributed by atoms with Crippen molar-refractivity contribution in [3.63, 3.8) is 0 Å². The molecule has 0 amide bonds. The van der Waals surface area contributed by atoms with Gasteiger partial charge in [-0.25, -0.2) is 14.5 Å². The Balaban J connectivity index is 1.52. The van der Waals surface area contributed by atoms with Gasteiger partial charge in [-0.3, -0.25) is 0 Å². The van der Waals surface area contributed by atoms with E-state index in [1.54, 1.807) is 10.7 Å². The maximum Gasteiger partial charge on any atom is 0.297 e. The highest BCUT2D eigenvalue weighted by molar-refractivity contribution is 5.76. The van der Waals surface area contributed by atoms with E-state index in [1.807, 2.05) is 37.3 Å². The van der Waals surface area contributed by atoms with E-state index < -0.39 is 0 Å². The van der Waals surface area contributed by atoms with Crippen LogP contribution >= 0.6 is 0 Å². The van der Waals surface area contributed by atoms with Crippen molar-refractivity contribution in [1.29, 1.82) is 0 Å². The summed E-state index contributed by atoms with van der Waals surface area (Å²) < 4.78 is 9.15. The van der Waals surface area contributed by atoms with Gasteiger partial charge in [-0.2, -0.15) is 9.97 Å². The normalized spacial score (nSPS) is 11.6. The van der Waals surface area contributed by atoms with Crippen LogP contribution in [0.15, 0.2) is 41.1 Å². The van der Waals surface area contributed by atoms with Gasteiger partial charge in [-0.15, -0.1) is 5.10 Å². The highest BCUT2D eigenvalue weighted by Gasteiger charge is 2.17. The summed E-state index contributed by atoms with van der Waals surface area (Å²) >= 11 is 0. The molecule has 0 saturated heterocycles. The van der Waals surface area contributed by atoms with E-state index in [9.17, 15) is 0 Å². The lowest BCUT2D eigenvalue weighted by Gasteiger charge is -2.04. The number of benzene rings is 1. The summed E-state index contributed by atoms with van der Waals surface area (Å²) in [5.41, 5.74) is 2.93. The fourth-order valence-electron chi connectivity index (χ4n) is 3.12. The second-order valence-electron chi connectivity index (χ2n) is 6.21. The number of imidazole rings is 1. The van der Waals surface area contributed by atoms with Gasteiger partial charge in [0.2, 0.25) is 5.82 Å². The fourth-order valence-corrected chi connectivity index (χ4v) is 3.12. The van der Waals surface area contributed by atoms with Crippen LogP contribution in [0.4, 0.5) is 0 Å². The lowest BCUT2D eigenvalue weighted by atomic mass is 10.3. The van der Waals surface area contributed by atoms with Crippen LogP contribution in [0.5, 0.6) is 0 Å². The molecule has 0 aliphatic rings. The first-order valence-corrected chi connectivity index (χ1v) is 8.68. The van der Waals surface area contributed by atoms with Crippen molar-refractivity contribution in [1.82, 2.24) is 39.3 Å². The van der Waals surface area contributed by atoms with Gasteiger partial charge in [-0.1, -0.05) is 24.2 Å². The Hall–Kier alpha value is -3.62. The van der Waals surface area contributed by atoms with Crippen LogP contribution in [0.3, 0.4) is 0 Å². The van der Waals surface area contributed by atoms with Crippen molar-refractivity contribution in [2.75, 3.05) is 0 Å². The highest BCUT2D eigenvalue weighted by Crippen LogP contribution is 2.19.